The second-order valence-corrected chi connectivity index (χ2v) is 5.48. The van der Waals surface area contributed by atoms with Crippen LogP contribution in [0.3, 0.4) is 0 Å². The van der Waals surface area contributed by atoms with E-state index in [1.165, 1.54) is 6.42 Å². The van der Waals surface area contributed by atoms with Gasteiger partial charge in [-0.2, -0.15) is 0 Å². The third-order valence-corrected chi connectivity index (χ3v) is 3.85. The van der Waals surface area contributed by atoms with Gasteiger partial charge in [-0.05, 0) is 44.0 Å². The van der Waals surface area contributed by atoms with E-state index in [-0.39, 0.29) is 11.3 Å². The SMILES string of the molecule is CCOc1ccc(C(=O)CC2(N)CCCCC2)cc1. The molecular formula is C16H23NO2. The number of carbonyl (C=O) groups is 1. The molecule has 0 amide bonds. The maximum atomic E-state index is 12.3. The van der Waals surface area contributed by atoms with Crippen molar-refractivity contribution in [3.8, 4) is 5.75 Å². The molecule has 0 atom stereocenters. The van der Waals surface area contributed by atoms with Gasteiger partial charge in [-0.15, -0.1) is 0 Å². The molecular weight excluding hydrogens is 238 g/mol. The molecule has 0 heterocycles. The van der Waals surface area contributed by atoms with E-state index in [4.69, 9.17) is 10.5 Å². The summed E-state index contributed by atoms with van der Waals surface area (Å²) < 4.78 is 5.37. The first-order valence-electron chi connectivity index (χ1n) is 7.18. The van der Waals surface area contributed by atoms with Crippen molar-refractivity contribution >= 4 is 5.78 Å². The Bertz CT molecular complexity index is 419. The highest BCUT2D eigenvalue weighted by Gasteiger charge is 2.30. The summed E-state index contributed by atoms with van der Waals surface area (Å²) in [4.78, 5) is 12.3. The smallest absolute Gasteiger partial charge is 0.164 e. The Labute approximate surface area is 115 Å². The Morgan fingerprint density at radius 3 is 2.42 bits per heavy atom. The Kier molecular flexibility index (Phi) is 4.59. The molecule has 3 heteroatoms. The monoisotopic (exact) mass is 261 g/mol. The highest BCUT2D eigenvalue weighted by molar-refractivity contribution is 5.96. The van der Waals surface area contributed by atoms with Gasteiger partial charge in [-0.3, -0.25) is 4.79 Å². The number of rotatable bonds is 5. The largest absolute Gasteiger partial charge is 0.494 e. The lowest BCUT2D eigenvalue weighted by molar-refractivity contribution is 0.0934. The molecule has 2 rings (SSSR count). The number of carbonyl (C=O) groups excluding carboxylic acids is 1. The van der Waals surface area contributed by atoms with E-state index in [1.807, 2.05) is 31.2 Å². The molecule has 1 saturated carbocycles. The van der Waals surface area contributed by atoms with Gasteiger partial charge in [0.05, 0.1) is 6.61 Å². The number of nitrogens with two attached hydrogens (primary N) is 1. The van der Waals surface area contributed by atoms with Crippen molar-refractivity contribution in [3.05, 3.63) is 29.8 Å². The molecule has 0 bridgehead atoms. The Balaban J connectivity index is 1.99. The maximum absolute atomic E-state index is 12.3. The van der Waals surface area contributed by atoms with Crippen molar-refractivity contribution in [2.24, 2.45) is 5.73 Å². The maximum Gasteiger partial charge on any atom is 0.164 e. The predicted octanol–water partition coefficient (Wildman–Crippen LogP) is 3.32. The van der Waals surface area contributed by atoms with Crippen LogP contribution in [0, 0.1) is 0 Å². The first kappa shape index (κ1) is 14.1. The third-order valence-electron chi connectivity index (χ3n) is 3.85. The quantitative estimate of drug-likeness (QED) is 0.827. The summed E-state index contributed by atoms with van der Waals surface area (Å²) in [5.41, 5.74) is 6.78. The van der Waals surface area contributed by atoms with Crippen LogP contribution < -0.4 is 10.5 Å². The highest BCUT2D eigenvalue weighted by atomic mass is 16.5. The van der Waals surface area contributed by atoms with Crippen molar-refractivity contribution in [2.75, 3.05) is 6.61 Å². The fourth-order valence-electron chi connectivity index (χ4n) is 2.76. The van der Waals surface area contributed by atoms with E-state index in [0.29, 0.717) is 13.0 Å². The minimum absolute atomic E-state index is 0.146. The van der Waals surface area contributed by atoms with Crippen LogP contribution in [0.4, 0.5) is 0 Å². The molecule has 2 N–H and O–H groups in total. The first-order chi connectivity index (χ1) is 9.13. The van der Waals surface area contributed by atoms with Crippen molar-refractivity contribution < 1.29 is 9.53 Å². The zero-order valence-corrected chi connectivity index (χ0v) is 11.7. The molecule has 1 aromatic carbocycles. The van der Waals surface area contributed by atoms with Gasteiger partial charge < -0.3 is 10.5 Å². The van der Waals surface area contributed by atoms with E-state index in [2.05, 4.69) is 0 Å². The summed E-state index contributed by atoms with van der Waals surface area (Å²) in [5.74, 6) is 0.951. The van der Waals surface area contributed by atoms with Crippen LogP contribution in [0.1, 0.15) is 55.8 Å². The van der Waals surface area contributed by atoms with E-state index < -0.39 is 0 Å². The zero-order valence-electron chi connectivity index (χ0n) is 11.7. The van der Waals surface area contributed by atoms with Crippen LogP contribution in [0.25, 0.3) is 0 Å². The predicted molar refractivity (Wildman–Crippen MR) is 76.6 cm³/mol. The van der Waals surface area contributed by atoms with Crippen LogP contribution in [0.15, 0.2) is 24.3 Å². The fraction of sp³-hybridized carbons (Fsp3) is 0.562. The minimum atomic E-state index is -0.284. The lowest BCUT2D eigenvalue weighted by atomic mass is 9.78. The van der Waals surface area contributed by atoms with Crippen molar-refractivity contribution in [3.63, 3.8) is 0 Å². The minimum Gasteiger partial charge on any atom is -0.494 e. The van der Waals surface area contributed by atoms with Gasteiger partial charge in [0, 0.05) is 17.5 Å². The standard InChI is InChI=1S/C16H23NO2/c1-2-19-14-8-6-13(7-9-14)15(18)12-16(17)10-4-3-5-11-16/h6-9H,2-5,10-12,17H2,1H3. The summed E-state index contributed by atoms with van der Waals surface area (Å²) in [5, 5.41) is 0. The van der Waals surface area contributed by atoms with E-state index in [0.717, 1.165) is 37.0 Å². The first-order valence-corrected chi connectivity index (χ1v) is 7.18. The van der Waals surface area contributed by atoms with Gasteiger partial charge >= 0.3 is 0 Å². The molecule has 0 aromatic heterocycles. The summed E-state index contributed by atoms with van der Waals surface area (Å²) in [6, 6.07) is 7.36. The topological polar surface area (TPSA) is 52.3 Å². The highest BCUT2D eigenvalue weighted by Crippen LogP contribution is 2.30. The average Bonchev–Trinajstić information content (AvgIpc) is 2.40. The molecule has 3 nitrogen and oxygen atoms in total. The van der Waals surface area contributed by atoms with E-state index in [9.17, 15) is 4.79 Å². The van der Waals surface area contributed by atoms with Gasteiger partial charge in [-0.1, -0.05) is 19.3 Å². The molecule has 1 fully saturated rings. The molecule has 1 aliphatic rings. The molecule has 0 unspecified atom stereocenters. The van der Waals surface area contributed by atoms with Crippen LogP contribution in [-0.2, 0) is 0 Å². The molecule has 0 spiro atoms. The summed E-state index contributed by atoms with van der Waals surface area (Å²) in [7, 11) is 0. The van der Waals surface area contributed by atoms with Crippen molar-refractivity contribution in [2.45, 2.75) is 51.0 Å². The molecule has 0 radical (unpaired) electrons. The Morgan fingerprint density at radius 2 is 1.84 bits per heavy atom. The van der Waals surface area contributed by atoms with Crippen LogP contribution in [0.5, 0.6) is 5.75 Å². The number of Topliss-reactive ketones (excluding diaryl/α,β-unsaturated/α-hetero) is 1. The fourth-order valence-corrected chi connectivity index (χ4v) is 2.76. The normalized spacial score (nSPS) is 18.0. The summed E-state index contributed by atoms with van der Waals surface area (Å²) in [6.07, 6.45) is 5.93. The second-order valence-electron chi connectivity index (χ2n) is 5.48. The number of ketones is 1. The van der Waals surface area contributed by atoms with Crippen molar-refractivity contribution in [1.82, 2.24) is 0 Å². The zero-order chi connectivity index (χ0) is 13.7. The lowest BCUT2D eigenvalue weighted by Crippen LogP contribution is -2.43. The van der Waals surface area contributed by atoms with Gasteiger partial charge in [-0.25, -0.2) is 0 Å². The Morgan fingerprint density at radius 1 is 1.21 bits per heavy atom. The van der Waals surface area contributed by atoms with Gasteiger partial charge in [0.1, 0.15) is 5.75 Å². The molecule has 1 aromatic rings. The number of hydrogen-bond donors (Lipinski definition) is 1. The number of ether oxygens (including phenoxy) is 1. The van der Waals surface area contributed by atoms with Crippen molar-refractivity contribution in [1.29, 1.82) is 0 Å². The van der Waals surface area contributed by atoms with Crippen LogP contribution in [0.2, 0.25) is 0 Å². The van der Waals surface area contributed by atoms with Gasteiger partial charge in [0.15, 0.2) is 5.78 Å². The number of benzene rings is 1. The third kappa shape index (κ3) is 3.80. The molecule has 0 saturated heterocycles. The van der Waals surface area contributed by atoms with Gasteiger partial charge in [0.2, 0.25) is 0 Å². The molecule has 104 valence electrons. The number of hydrogen-bond acceptors (Lipinski definition) is 3. The van der Waals surface area contributed by atoms with E-state index >= 15 is 0 Å². The lowest BCUT2D eigenvalue weighted by Gasteiger charge is -2.32. The molecule has 19 heavy (non-hydrogen) atoms. The molecule has 1 aliphatic carbocycles. The summed E-state index contributed by atoms with van der Waals surface area (Å²) in [6.45, 7) is 2.58. The van der Waals surface area contributed by atoms with Gasteiger partial charge in [0.25, 0.3) is 0 Å². The van der Waals surface area contributed by atoms with Crippen LogP contribution in [-0.4, -0.2) is 17.9 Å². The van der Waals surface area contributed by atoms with Crippen LogP contribution >= 0.6 is 0 Å². The Hall–Kier alpha value is -1.35. The second kappa shape index (κ2) is 6.20. The van der Waals surface area contributed by atoms with E-state index in [1.54, 1.807) is 0 Å². The molecule has 0 aliphatic heterocycles. The average molecular weight is 261 g/mol. The summed E-state index contributed by atoms with van der Waals surface area (Å²) >= 11 is 0.